The lowest BCUT2D eigenvalue weighted by Crippen LogP contribution is -2.51. The first-order valence-corrected chi connectivity index (χ1v) is 5.79. The van der Waals surface area contributed by atoms with Crippen LogP contribution >= 0.6 is 0 Å². The summed E-state index contributed by atoms with van der Waals surface area (Å²) < 4.78 is 5.25. The maximum absolute atomic E-state index is 11.9. The zero-order valence-electron chi connectivity index (χ0n) is 9.85. The Morgan fingerprint density at radius 3 is 3.24 bits per heavy atom. The molecule has 5 heteroatoms. The van der Waals surface area contributed by atoms with Crippen LogP contribution in [-0.4, -0.2) is 36.7 Å². The number of carbonyl (C=O) groups is 1. The minimum absolute atomic E-state index is 0.0268. The van der Waals surface area contributed by atoms with Crippen LogP contribution in [0.4, 0.5) is 0 Å². The summed E-state index contributed by atoms with van der Waals surface area (Å²) in [6.07, 6.45) is 3.48. The normalized spacial score (nSPS) is 21.8. The number of morpholine rings is 1. The molecule has 1 aliphatic rings. The predicted molar refractivity (Wildman–Crippen MR) is 63.4 cm³/mol. The van der Waals surface area contributed by atoms with Crippen molar-refractivity contribution in [2.75, 3.05) is 19.8 Å². The molecule has 0 radical (unpaired) electrons. The van der Waals surface area contributed by atoms with Gasteiger partial charge < -0.3 is 15.4 Å². The van der Waals surface area contributed by atoms with Crippen molar-refractivity contribution in [3.05, 3.63) is 30.1 Å². The first kappa shape index (κ1) is 12.0. The molecule has 0 saturated carbocycles. The molecule has 5 nitrogen and oxygen atoms in total. The van der Waals surface area contributed by atoms with E-state index in [0.717, 1.165) is 12.1 Å². The van der Waals surface area contributed by atoms with Crippen LogP contribution in [0.25, 0.3) is 0 Å². The van der Waals surface area contributed by atoms with E-state index in [1.165, 1.54) is 0 Å². The summed E-state index contributed by atoms with van der Waals surface area (Å²) in [5.41, 5.74) is 0.998. The third kappa shape index (κ3) is 3.25. The number of hydrogen-bond acceptors (Lipinski definition) is 4. The number of pyridine rings is 1. The van der Waals surface area contributed by atoms with Gasteiger partial charge >= 0.3 is 0 Å². The monoisotopic (exact) mass is 235 g/mol. The number of ether oxygens (including phenoxy) is 1. The smallest absolute Gasteiger partial charge is 0.240 e. The molecular formula is C12H17N3O2. The molecule has 0 bridgehead atoms. The topological polar surface area (TPSA) is 63.2 Å². The number of carbonyl (C=O) groups excluding carboxylic acids is 1. The molecule has 0 spiro atoms. The lowest BCUT2D eigenvalue weighted by atomic mass is 10.1. The van der Waals surface area contributed by atoms with Crippen molar-refractivity contribution in [1.82, 2.24) is 15.6 Å². The predicted octanol–water partition coefficient (Wildman–Crippen LogP) is 0.247. The van der Waals surface area contributed by atoms with Crippen molar-refractivity contribution in [3.8, 4) is 0 Å². The van der Waals surface area contributed by atoms with Crippen molar-refractivity contribution in [1.29, 1.82) is 0 Å². The number of aromatic nitrogens is 1. The highest BCUT2D eigenvalue weighted by Crippen LogP contribution is 2.10. The van der Waals surface area contributed by atoms with E-state index in [-0.39, 0.29) is 18.0 Å². The molecule has 0 aromatic carbocycles. The van der Waals surface area contributed by atoms with Gasteiger partial charge in [0.2, 0.25) is 5.91 Å². The van der Waals surface area contributed by atoms with Gasteiger partial charge in [-0.1, -0.05) is 6.07 Å². The summed E-state index contributed by atoms with van der Waals surface area (Å²) in [6, 6.07) is 3.52. The van der Waals surface area contributed by atoms with E-state index in [0.29, 0.717) is 13.2 Å². The van der Waals surface area contributed by atoms with Crippen LogP contribution in [0.1, 0.15) is 18.5 Å². The molecule has 92 valence electrons. The van der Waals surface area contributed by atoms with Crippen molar-refractivity contribution < 1.29 is 9.53 Å². The third-order valence-electron chi connectivity index (χ3n) is 2.78. The molecule has 0 aliphatic carbocycles. The maximum atomic E-state index is 11.9. The molecule has 2 unspecified atom stereocenters. The van der Waals surface area contributed by atoms with Crippen LogP contribution < -0.4 is 10.6 Å². The second-order valence-electron chi connectivity index (χ2n) is 4.10. The third-order valence-corrected chi connectivity index (χ3v) is 2.78. The largest absolute Gasteiger partial charge is 0.378 e. The quantitative estimate of drug-likeness (QED) is 0.788. The van der Waals surface area contributed by atoms with Gasteiger partial charge in [0.25, 0.3) is 0 Å². The Hall–Kier alpha value is -1.46. The summed E-state index contributed by atoms with van der Waals surface area (Å²) in [7, 11) is 0. The van der Waals surface area contributed by atoms with Crippen molar-refractivity contribution in [3.63, 3.8) is 0 Å². The Morgan fingerprint density at radius 2 is 2.59 bits per heavy atom. The van der Waals surface area contributed by atoms with E-state index in [1.54, 1.807) is 12.4 Å². The summed E-state index contributed by atoms with van der Waals surface area (Å²) in [5.74, 6) is -0.0268. The fourth-order valence-corrected chi connectivity index (χ4v) is 1.76. The van der Waals surface area contributed by atoms with E-state index in [4.69, 9.17) is 4.74 Å². The zero-order chi connectivity index (χ0) is 12.1. The van der Waals surface area contributed by atoms with Gasteiger partial charge in [-0.3, -0.25) is 9.78 Å². The maximum Gasteiger partial charge on any atom is 0.240 e. The zero-order valence-corrected chi connectivity index (χ0v) is 9.85. The molecule has 2 rings (SSSR count). The standard InChI is InChI=1S/C12H17N3O2/c1-9(10-3-2-4-13-7-10)15-12(16)11-8-17-6-5-14-11/h2-4,7,9,11,14H,5-6,8H2,1H3,(H,15,16). The Bertz CT molecular complexity index is 363. The van der Waals surface area contributed by atoms with Gasteiger partial charge in [-0.05, 0) is 18.6 Å². The second-order valence-corrected chi connectivity index (χ2v) is 4.10. The van der Waals surface area contributed by atoms with Gasteiger partial charge in [-0.15, -0.1) is 0 Å². The fraction of sp³-hybridized carbons (Fsp3) is 0.500. The Labute approximate surface area is 101 Å². The van der Waals surface area contributed by atoms with E-state index in [2.05, 4.69) is 15.6 Å². The molecule has 2 N–H and O–H groups in total. The lowest BCUT2D eigenvalue weighted by molar-refractivity contribution is -0.126. The van der Waals surface area contributed by atoms with Gasteiger partial charge in [-0.2, -0.15) is 0 Å². The number of hydrogen-bond donors (Lipinski definition) is 2. The number of nitrogens with one attached hydrogen (secondary N) is 2. The van der Waals surface area contributed by atoms with Crippen LogP contribution in [-0.2, 0) is 9.53 Å². The highest BCUT2D eigenvalue weighted by atomic mass is 16.5. The van der Waals surface area contributed by atoms with Crippen LogP contribution in [0.15, 0.2) is 24.5 Å². The molecule has 17 heavy (non-hydrogen) atoms. The van der Waals surface area contributed by atoms with E-state index >= 15 is 0 Å². The Morgan fingerprint density at radius 1 is 1.71 bits per heavy atom. The number of nitrogens with zero attached hydrogens (tertiary/aromatic N) is 1. The average molecular weight is 235 g/mol. The van der Waals surface area contributed by atoms with E-state index < -0.39 is 0 Å². The number of amides is 1. The summed E-state index contributed by atoms with van der Waals surface area (Å²) in [6.45, 7) is 3.77. The molecule has 1 aromatic rings. The van der Waals surface area contributed by atoms with Crippen molar-refractivity contribution >= 4 is 5.91 Å². The number of rotatable bonds is 3. The minimum atomic E-state index is -0.247. The van der Waals surface area contributed by atoms with Crippen LogP contribution in [0.3, 0.4) is 0 Å². The molecule has 1 aromatic heterocycles. The highest BCUT2D eigenvalue weighted by Gasteiger charge is 2.22. The van der Waals surface area contributed by atoms with Gasteiger partial charge in [0.1, 0.15) is 6.04 Å². The molecule has 1 fully saturated rings. The summed E-state index contributed by atoms with van der Waals surface area (Å²) in [4.78, 5) is 15.9. The molecule has 1 aliphatic heterocycles. The van der Waals surface area contributed by atoms with Gasteiger partial charge in [0, 0.05) is 18.9 Å². The molecule has 1 amide bonds. The van der Waals surface area contributed by atoms with Gasteiger partial charge in [-0.25, -0.2) is 0 Å². The van der Waals surface area contributed by atoms with E-state index in [9.17, 15) is 4.79 Å². The van der Waals surface area contributed by atoms with Crippen LogP contribution in [0.5, 0.6) is 0 Å². The molecular weight excluding hydrogens is 218 g/mol. The SMILES string of the molecule is CC(NC(=O)C1COCCN1)c1cccnc1. The Balaban J connectivity index is 1.89. The van der Waals surface area contributed by atoms with E-state index in [1.807, 2.05) is 19.1 Å². The van der Waals surface area contributed by atoms with Gasteiger partial charge in [0.15, 0.2) is 0 Å². The minimum Gasteiger partial charge on any atom is -0.378 e. The average Bonchev–Trinajstić information content (AvgIpc) is 2.40. The molecule has 1 saturated heterocycles. The fourth-order valence-electron chi connectivity index (χ4n) is 1.76. The van der Waals surface area contributed by atoms with Gasteiger partial charge in [0.05, 0.1) is 19.3 Å². The summed E-state index contributed by atoms with van der Waals surface area (Å²) >= 11 is 0. The van der Waals surface area contributed by atoms with Crippen LogP contribution in [0.2, 0.25) is 0 Å². The lowest BCUT2D eigenvalue weighted by Gasteiger charge is -2.24. The Kier molecular flexibility index (Phi) is 4.06. The first-order chi connectivity index (χ1) is 8.27. The second kappa shape index (κ2) is 5.75. The highest BCUT2D eigenvalue weighted by molar-refractivity contribution is 5.82. The molecule has 2 atom stereocenters. The molecule has 2 heterocycles. The van der Waals surface area contributed by atoms with Crippen LogP contribution in [0, 0.1) is 0 Å². The van der Waals surface area contributed by atoms with Crippen molar-refractivity contribution in [2.24, 2.45) is 0 Å². The first-order valence-electron chi connectivity index (χ1n) is 5.79. The van der Waals surface area contributed by atoms with Crippen molar-refractivity contribution in [2.45, 2.75) is 19.0 Å². The summed E-state index contributed by atoms with van der Waals surface area (Å²) in [5, 5.41) is 6.07.